The number of anilines is 1. The van der Waals surface area contributed by atoms with Crippen LogP contribution in [0, 0.1) is 0 Å². The molecule has 6 heteroatoms. The first-order chi connectivity index (χ1) is 7.88. The minimum absolute atomic E-state index is 0.417. The maximum absolute atomic E-state index is 5.38. The molecule has 0 aromatic carbocycles. The molecule has 2 rings (SSSR count). The molecule has 0 aliphatic carbocycles. The molecule has 84 valence electrons. The molecule has 2 aromatic rings. The Morgan fingerprint density at radius 1 is 1.25 bits per heavy atom. The maximum atomic E-state index is 5.38. The summed E-state index contributed by atoms with van der Waals surface area (Å²) in [5.41, 5.74) is 6.48. The molecule has 16 heavy (non-hydrogen) atoms. The summed E-state index contributed by atoms with van der Waals surface area (Å²) < 4.78 is 5.32. The van der Waals surface area contributed by atoms with E-state index < -0.39 is 0 Å². The maximum Gasteiger partial charge on any atom is 0.315 e. The molecule has 0 radical (unpaired) electrons. The van der Waals surface area contributed by atoms with E-state index in [4.69, 9.17) is 10.2 Å². The van der Waals surface area contributed by atoms with Gasteiger partial charge in [0, 0.05) is 31.9 Å². The Labute approximate surface area is 92.9 Å². The Bertz CT molecular complexity index is 428. The number of hydrogen-bond acceptors (Lipinski definition) is 6. The molecule has 0 atom stereocenters. The van der Waals surface area contributed by atoms with Gasteiger partial charge in [0.05, 0.1) is 0 Å². The number of rotatable bonds is 5. The molecule has 0 amide bonds. The van der Waals surface area contributed by atoms with Crippen LogP contribution in [0.15, 0.2) is 28.9 Å². The summed E-state index contributed by atoms with van der Waals surface area (Å²) >= 11 is 0. The van der Waals surface area contributed by atoms with E-state index in [0.717, 1.165) is 5.56 Å². The average Bonchev–Trinajstić information content (AvgIpc) is 2.76. The number of nitrogens with two attached hydrogens (primary N) is 1. The summed E-state index contributed by atoms with van der Waals surface area (Å²) in [6.45, 7) is 1.14. The zero-order chi connectivity index (χ0) is 11.2. The molecule has 2 aromatic heterocycles. The normalized spacial score (nSPS) is 10.3. The lowest BCUT2D eigenvalue weighted by atomic mass is 10.3. The zero-order valence-corrected chi connectivity index (χ0v) is 8.76. The summed E-state index contributed by atoms with van der Waals surface area (Å²) in [5, 5.41) is 10.7. The molecule has 0 saturated carbocycles. The molecule has 0 saturated heterocycles. The SMILES string of the molecule is NCCc1nnc(NCc2ccncc2)o1. The van der Waals surface area contributed by atoms with E-state index in [1.807, 2.05) is 12.1 Å². The average molecular weight is 219 g/mol. The second kappa shape index (κ2) is 5.22. The fourth-order valence-electron chi connectivity index (χ4n) is 1.23. The van der Waals surface area contributed by atoms with E-state index in [9.17, 15) is 0 Å². The minimum Gasteiger partial charge on any atom is -0.408 e. The molecule has 0 unspecified atom stereocenters. The number of nitrogens with zero attached hydrogens (tertiary/aromatic N) is 3. The third-order valence-corrected chi connectivity index (χ3v) is 2.02. The first kappa shape index (κ1) is 10.6. The molecule has 0 spiro atoms. The summed E-state index contributed by atoms with van der Waals surface area (Å²) in [5.74, 6) is 0.555. The smallest absolute Gasteiger partial charge is 0.315 e. The van der Waals surface area contributed by atoms with Crippen LogP contribution in [-0.4, -0.2) is 21.7 Å². The van der Waals surface area contributed by atoms with Crippen molar-refractivity contribution in [3.63, 3.8) is 0 Å². The summed E-state index contributed by atoms with van der Waals surface area (Å²) in [6.07, 6.45) is 4.08. The van der Waals surface area contributed by atoms with E-state index in [-0.39, 0.29) is 0 Å². The van der Waals surface area contributed by atoms with Gasteiger partial charge >= 0.3 is 6.01 Å². The second-order valence-corrected chi connectivity index (χ2v) is 3.25. The summed E-state index contributed by atoms with van der Waals surface area (Å²) in [6, 6.07) is 4.26. The highest BCUT2D eigenvalue weighted by atomic mass is 16.4. The predicted octanol–water partition coefficient (Wildman–Crippen LogP) is 0.578. The lowest BCUT2D eigenvalue weighted by Crippen LogP contribution is -2.02. The van der Waals surface area contributed by atoms with Gasteiger partial charge in [-0.05, 0) is 17.7 Å². The number of aromatic nitrogens is 3. The minimum atomic E-state index is 0.417. The van der Waals surface area contributed by atoms with Crippen LogP contribution in [0.5, 0.6) is 0 Å². The van der Waals surface area contributed by atoms with Crippen molar-refractivity contribution < 1.29 is 4.42 Å². The number of hydrogen-bond donors (Lipinski definition) is 2. The highest BCUT2D eigenvalue weighted by Gasteiger charge is 2.03. The standard InChI is InChI=1S/C10H13N5O/c11-4-1-9-14-15-10(16-9)13-7-8-2-5-12-6-3-8/h2-3,5-6H,1,4,7,11H2,(H,13,15). The van der Waals surface area contributed by atoms with Crippen LogP contribution in [0.1, 0.15) is 11.5 Å². The predicted molar refractivity (Wildman–Crippen MR) is 58.6 cm³/mol. The Hall–Kier alpha value is -1.95. The van der Waals surface area contributed by atoms with Crippen molar-refractivity contribution in [1.29, 1.82) is 0 Å². The lowest BCUT2D eigenvalue weighted by Gasteiger charge is -1.99. The Balaban J connectivity index is 1.89. The Morgan fingerprint density at radius 3 is 2.81 bits per heavy atom. The lowest BCUT2D eigenvalue weighted by molar-refractivity contribution is 0.505. The molecular weight excluding hydrogens is 206 g/mol. The van der Waals surface area contributed by atoms with Gasteiger partial charge in [-0.3, -0.25) is 4.98 Å². The number of pyridine rings is 1. The molecular formula is C10H13N5O. The van der Waals surface area contributed by atoms with Crippen molar-refractivity contribution in [2.24, 2.45) is 5.73 Å². The highest BCUT2D eigenvalue weighted by molar-refractivity contribution is 5.21. The van der Waals surface area contributed by atoms with Gasteiger partial charge in [0.15, 0.2) is 0 Å². The number of nitrogens with one attached hydrogen (secondary N) is 1. The van der Waals surface area contributed by atoms with Gasteiger partial charge in [0.1, 0.15) is 0 Å². The van der Waals surface area contributed by atoms with E-state index in [1.54, 1.807) is 12.4 Å². The monoisotopic (exact) mass is 219 g/mol. The van der Waals surface area contributed by atoms with E-state index in [1.165, 1.54) is 0 Å². The van der Waals surface area contributed by atoms with Crippen LogP contribution in [0.2, 0.25) is 0 Å². The topological polar surface area (TPSA) is 89.9 Å². The fourth-order valence-corrected chi connectivity index (χ4v) is 1.23. The van der Waals surface area contributed by atoms with E-state index in [0.29, 0.717) is 31.4 Å². The molecule has 0 fully saturated rings. The molecule has 0 bridgehead atoms. The molecule has 0 aliphatic rings. The second-order valence-electron chi connectivity index (χ2n) is 3.25. The van der Waals surface area contributed by atoms with Crippen LogP contribution in [-0.2, 0) is 13.0 Å². The van der Waals surface area contributed by atoms with Crippen LogP contribution in [0.3, 0.4) is 0 Å². The van der Waals surface area contributed by atoms with E-state index in [2.05, 4.69) is 20.5 Å². The highest BCUT2D eigenvalue weighted by Crippen LogP contribution is 2.07. The third-order valence-electron chi connectivity index (χ3n) is 2.02. The van der Waals surface area contributed by atoms with Crippen molar-refractivity contribution in [3.8, 4) is 0 Å². The fraction of sp³-hybridized carbons (Fsp3) is 0.300. The van der Waals surface area contributed by atoms with Gasteiger partial charge in [0.25, 0.3) is 0 Å². The van der Waals surface area contributed by atoms with Crippen molar-refractivity contribution >= 4 is 6.01 Å². The van der Waals surface area contributed by atoms with Gasteiger partial charge in [-0.25, -0.2) is 0 Å². The van der Waals surface area contributed by atoms with Crippen molar-refractivity contribution in [3.05, 3.63) is 36.0 Å². The first-order valence-electron chi connectivity index (χ1n) is 5.03. The quantitative estimate of drug-likeness (QED) is 0.764. The van der Waals surface area contributed by atoms with Crippen LogP contribution in [0.4, 0.5) is 6.01 Å². The zero-order valence-electron chi connectivity index (χ0n) is 8.76. The first-order valence-corrected chi connectivity index (χ1v) is 5.03. The van der Waals surface area contributed by atoms with Crippen LogP contribution in [0.25, 0.3) is 0 Å². The molecule has 2 heterocycles. The van der Waals surface area contributed by atoms with Crippen molar-refractivity contribution in [1.82, 2.24) is 15.2 Å². The van der Waals surface area contributed by atoms with Crippen LogP contribution >= 0.6 is 0 Å². The van der Waals surface area contributed by atoms with Gasteiger partial charge in [-0.2, -0.15) is 0 Å². The largest absolute Gasteiger partial charge is 0.408 e. The van der Waals surface area contributed by atoms with E-state index >= 15 is 0 Å². The summed E-state index contributed by atoms with van der Waals surface area (Å²) in [7, 11) is 0. The van der Waals surface area contributed by atoms with Gasteiger partial charge in [-0.15, -0.1) is 5.10 Å². The molecule has 0 aliphatic heterocycles. The van der Waals surface area contributed by atoms with Crippen molar-refractivity contribution in [2.75, 3.05) is 11.9 Å². The Morgan fingerprint density at radius 2 is 2.06 bits per heavy atom. The molecule has 6 nitrogen and oxygen atoms in total. The summed E-state index contributed by atoms with van der Waals surface area (Å²) in [4.78, 5) is 3.94. The Kier molecular flexibility index (Phi) is 3.45. The third kappa shape index (κ3) is 2.77. The molecule has 3 N–H and O–H groups in total. The van der Waals surface area contributed by atoms with Crippen LogP contribution < -0.4 is 11.1 Å². The van der Waals surface area contributed by atoms with Crippen molar-refractivity contribution in [2.45, 2.75) is 13.0 Å². The van der Waals surface area contributed by atoms with Gasteiger partial charge in [-0.1, -0.05) is 5.10 Å². The van der Waals surface area contributed by atoms with Gasteiger partial charge in [0.2, 0.25) is 5.89 Å². The van der Waals surface area contributed by atoms with Gasteiger partial charge < -0.3 is 15.5 Å².